The smallest absolute Gasteiger partial charge is 0.319 e. The van der Waals surface area contributed by atoms with Crippen LogP contribution in [0, 0.1) is 12.7 Å². The highest BCUT2D eigenvalue weighted by atomic mass is 19.1. The van der Waals surface area contributed by atoms with Crippen LogP contribution in [0.2, 0.25) is 0 Å². The number of aryl methyl sites for hydroxylation is 1. The van der Waals surface area contributed by atoms with Crippen LogP contribution < -0.4 is 21.3 Å². The molecule has 0 aliphatic rings. The molecule has 0 saturated heterocycles. The van der Waals surface area contributed by atoms with E-state index in [-0.39, 0.29) is 5.69 Å². The van der Waals surface area contributed by atoms with Crippen LogP contribution in [0.4, 0.5) is 26.5 Å². The Kier molecular flexibility index (Phi) is 6.30. The fraction of sp³-hybridized carbons (Fsp3) is 0.312. The zero-order valence-electron chi connectivity index (χ0n) is 13.7. The predicted octanol–water partition coefficient (Wildman–Crippen LogP) is 2.59. The minimum Gasteiger partial charge on any atom is -0.370 e. The fourth-order valence-corrected chi connectivity index (χ4v) is 2.03. The van der Waals surface area contributed by atoms with Crippen molar-refractivity contribution in [2.45, 2.75) is 13.8 Å². The van der Waals surface area contributed by atoms with E-state index < -0.39 is 11.8 Å². The minimum atomic E-state index is -0.474. The number of halogens is 1. The number of amides is 2. The molecule has 1 aromatic carbocycles. The van der Waals surface area contributed by atoms with E-state index in [0.717, 1.165) is 12.4 Å². The number of benzene rings is 1. The molecule has 1 heterocycles. The highest BCUT2D eigenvalue weighted by Gasteiger charge is 2.05. The predicted molar refractivity (Wildman–Crippen MR) is 92.8 cm³/mol. The highest BCUT2D eigenvalue weighted by molar-refractivity contribution is 5.89. The molecule has 2 amide bonds. The molecule has 0 fully saturated rings. The number of carbonyl (C=O) groups excluding carboxylic acids is 1. The van der Waals surface area contributed by atoms with Crippen LogP contribution in [0.25, 0.3) is 0 Å². The van der Waals surface area contributed by atoms with E-state index in [2.05, 4.69) is 31.2 Å². The molecule has 0 aliphatic heterocycles. The first-order valence-corrected chi connectivity index (χ1v) is 7.71. The average Bonchev–Trinajstić information content (AvgIpc) is 2.54. The summed E-state index contributed by atoms with van der Waals surface area (Å²) in [5.74, 6) is 1.60. The molecule has 2 aromatic rings. The van der Waals surface area contributed by atoms with Gasteiger partial charge < -0.3 is 21.3 Å². The third-order valence-corrected chi connectivity index (χ3v) is 3.03. The molecule has 0 atom stereocenters. The number of urea groups is 1. The summed E-state index contributed by atoms with van der Waals surface area (Å²) in [6.45, 7) is 5.41. The Hall–Kier alpha value is -2.90. The third-order valence-electron chi connectivity index (χ3n) is 3.03. The van der Waals surface area contributed by atoms with Gasteiger partial charge in [-0.2, -0.15) is 0 Å². The molecule has 1 aromatic heterocycles. The molecule has 0 radical (unpaired) electrons. The van der Waals surface area contributed by atoms with E-state index in [1.165, 1.54) is 12.1 Å². The monoisotopic (exact) mass is 332 g/mol. The first kappa shape index (κ1) is 17.5. The molecule has 24 heavy (non-hydrogen) atoms. The second kappa shape index (κ2) is 8.66. The highest BCUT2D eigenvalue weighted by Crippen LogP contribution is 2.12. The van der Waals surface area contributed by atoms with Crippen LogP contribution in [-0.2, 0) is 0 Å². The van der Waals surface area contributed by atoms with E-state index in [0.29, 0.717) is 24.7 Å². The molecule has 0 unspecified atom stereocenters. The van der Waals surface area contributed by atoms with E-state index >= 15 is 0 Å². The van der Waals surface area contributed by atoms with Gasteiger partial charge in [0, 0.05) is 25.7 Å². The van der Waals surface area contributed by atoms with Crippen molar-refractivity contribution in [1.29, 1.82) is 0 Å². The van der Waals surface area contributed by atoms with Crippen LogP contribution >= 0.6 is 0 Å². The van der Waals surface area contributed by atoms with E-state index in [9.17, 15) is 9.18 Å². The Bertz CT molecular complexity index is 694. The first-order chi connectivity index (χ1) is 11.6. The van der Waals surface area contributed by atoms with Crippen molar-refractivity contribution < 1.29 is 9.18 Å². The number of para-hydroxylation sites is 1. The van der Waals surface area contributed by atoms with Gasteiger partial charge in [0.2, 0.25) is 0 Å². The SMILES string of the molecule is CCNc1cc(NCCNC(=O)Nc2ccccc2F)nc(C)n1. The number of rotatable bonds is 7. The minimum absolute atomic E-state index is 0.143. The maximum Gasteiger partial charge on any atom is 0.319 e. The molecule has 0 bridgehead atoms. The molecule has 0 aliphatic carbocycles. The lowest BCUT2D eigenvalue weighted by molar-refractivity contribution is 0.252. The summed E-state index contributed by atoms with van der Waals surface area (Å²) in [6, 6.07) is 7.34. The molecule has 8 heteroatoms. The van der Waals surface area contributed by atoms with Crippen molar-refractivity contribution in [1.82, 2.24) is 15.3 Å². The molecule has 2 rings (SSSR count). The number of anilines is 3. The van der Waals surface area contributed by atoms with Gasteiger partial charge in [-0.3, -0.25) is 0 Å². The number of hydrogen-bond donors (Lipinski definition) is 4. The Morgan fingerprint density at radius 1 is 1.12 bits per heavy atom. The van der Waals surface area contributed by atoms with Crippen LogP contribution in [0.5, 0.6) is 0 Å². The largest absolute Gasteiger partial charge is 0.370 e. The maximum atomic E-state index is 13.4. The van der Waals surface area contributed by atoms with Gasteiger partial charge in [0.15, 0.2) is 0 Å². The number of hydrogen-bond acceptors (Lipinski definition) is 5. The first-order valence-electron chi connectivity index (χ1n) is 7.71. The fourth-order valence-electron chi connectivity index (χ4n) is 2.03. The number of nitrogens with one attached hydrogen (secondary N) is 4. The van der Waals surface area contributed by atoms with Gasteiger partial charge in [-0.15, -0.1) is 0 Å². The standard InChI is InChI=1S/C16H21FN6O/c1-3-18-14-10-15(22-11(2)21-14)19-8-9-20-16(24)23-13-7-5-4-6-12(13)17/h4-7,10H,3,8-9H2,1-2H3,(H2,20,23,24)(H2,18,19,21,22). The summed E-state index contributed by atoms with van der Waals surface area (Å²) in [5, 5.41) is 11.3. The topological polar surface area (TPSA) is 91.0 Å². The molecule has 128 valence electrons. The van der Waals surface area contributed by atoms with Crippen molar-refractivity contribution in [2.24, 2.45) is 0 Å². The van der Waals surface area contributed by atoms with E-state index in [1.807, 2.05) is 13.8 Å². The van der Waals surface area contributed by atoms with Crippen molar-refractivity contribution in [3.63, 3.8) is 0 Å². The van der Waals surface area contributed by atoms with Crippen LogP contribution in [0.15, 0.2) is 30.3 Å². The van der Waals surface area contributed by atoms with Crippen molar-refractivity contribution in [3.8, 4) is 0 Å². The average molecular weight is 332 g/mol. The Morgan fingerprint density at radius 2 is 1.83 bits per heavy atom. The lowest BCUT2D eigenvalue weighted by Crippen LogP contribution is -2.33. The third kappa shape index (κ3) is 5.38. The number of aromatic nitrogens is 2. The van der Waals surface area contributed by atoms with Crippen molar-refractivity contribution in [2.75, 3.05) is 35.6 Å². The summed E-state index contributed by atoms with van der Waals surface area (Å²) < 4.78 is 13.4. The van der Waals surface area contributed by atoms with E-state index in [1.54, 1.807) is 18.2 Å². The van der Waals surface area contributed by atoms with Gasteiger partial charge in [0.05, 0.1) is 5.69 Å². The quantitative estimate of drug-likeness (QED) is 0.585. The summed E-state index contributed by atoms with van der Waals surface area (Å²) >= 11 is 0. The van der Waals surface area contributed by atoms with Gasteiger partial charge in [-0.1, -0.05) is 12.1 Å². The van der Waals surface area contributed by atoms with Crippen molar-refractivity contribution >= 4 is 23.4 Å². The molecular formula is C16H21FN6O. The number of nitrogens with zero attached hydrogens (tertiary/aromatic N) is 2. The summed E-state index contributed by atoms with van der Waals surface area (Å²) in [7, 11) is 0. The lowest BCUT2D eigenvalue weighted by atomic mass is 10.3. The molecule has 0 saturated carbocycles. The second-order valence-corrected chi connectivity index (χ2v) is 5.00. The van der Waals surface area contributed by atoms with Gasteiger partial charge in [-0.05, 0) is 26.0 Å². The van der Waals surface area contributed by atoms with Gasteiger partial charge in [-0.25, -0.2) is 19.2 Å². The number of carbonyl (C=O) groups is 1. The van der Waals surface area contributed by atoms with Gasteiger partial charge in [0.1, 0.15) is 23.3 Å². The van der Waals surface area contributed by atoms with Crippen molar-refractivity contribution in [3.05, 3.63) is 42.0 Å². The van der Waals surface area contributed by atoms with Crippen LogP contribution in [0.3, 0.4) is 0 Å². The van der Waals surface area contributed by atoms with Gasteiger partial charge >= 0.3 is 6.03 Å². The van der Waals surface area contributed by atoms with E-state index in [4.69, 9.17) is 0 Å². The normalized spacial score (nSPS) is 10.1. The molecule has 7 nitrogen and oxygen atoms in total. The Morgan fingerprint density at radius 3 is 2.54 bits per heavy atom. The zero-order chi connectivity index (χ0) is 17.4. The van der Waals surface area contributed by atoms with Crippen LogP contribution in [0.1, 0.15) is 12.7 Å². The summed E-state index contributed by atoms with van der Waals surface area (Å²) in [4.78, 5) is 20.2. The van der Waals surface area contributed by atoms with Gasteiger partial charge in [0.25, 0.3) is 0 Å². The second-order valence-electron chi connectivity index (χ2n) is 5.00. The molecular weight excluding hydrogens is 311 g/mol. The zero-order valence-corrected chi connectivity index (χ0v) is 13.7. The summed E-state index contributed by atoms with van der Waals surface area (Å²) in [6.07, 6.45) is 0. The molecule has 4 N–H and O–H groups in total. The summed E-state index contributed by atoms with van der Waals surface area (Å²) in [5.41, 5.74) is 0.143. The Balaban J connectivity index is 1.76. The molecule has 0 spiro atoms. The lowest BCUT2D eigenvalue weighted by Gasteiger charge is -2.11. The Labute approximate surface area is 140 Å². The van der Waals surface area contributed by atoms with Crippen LogP contribution in [-0.4, -0.2) is 35.6 Å². The maximum absolute atomic E-state index is 13.4.